The van der Waals surface area contributed by atoms with Gasteiger partial charge >= 0.3 is 0 Å². The molecule has 1 N–H and O–H groups in total. The van der Waals surface area contributed by atoms with E-state index in [2.05, 4.69) is 14.9 Å². The number of ether oxygens (including phenoxy) is 1. The highest BCUT2D eigenvalue weighted by Gasteiger charge is 2.20. The smallest absolute Gasteiger partial charge is 0.223 e. The molecule has 0 saturated heterocycles. The van der Waals surface area contributed by atoms with Gasteiger partial charge in [0.1, 0.15) is 17.4 Å². The minimum atomic E-state index is -0.304. The predicted octanol–water partition coefficient (Wildman–Crippen LogP) is 2.23. The molecule has 0 radical (unpaired) electrons. The van der Waals surface area contributed by atoms with Gasteiger partial charge in [-0.3, -0.25) is 4.79 Å². The fourth-order valence-corrected chi connectivity index (χ4v) is 2.80. The Hall–Kier alpha value is -2.37. The summed E-state index contributed by atoms with van der Waals surface area (Å²) in [5, 5.41) is 3.04. The molecule has 122 valence electrons. The van der Waals surface area contributed by atoms with Crippen molar-refractivity contribution in [3.63, 3.8) is 0 Å². The molecule has 1 aromatic heterocycles. The molecule has 0 saturated carbocycles. The molecular formula is C17H20FN3O2. The molecule has 0 unspecified atom stereocenters. The molecule has 0 bridgehead atoms. The van der Waals surface area contributed by atoms with Crippen LogP contribution in [0.25, 0.3) is 0 Å². The van der Waals surface area contributed by atoms with Gasteiger partial charge in [-0.05, 0) is 37.6 Å². The van der Waals surface area contributed by atoms with Gasteiger partial charge in [-0.25, -0.2) is 9.37 Å². The zero-order valence-electron chi connectivity index (χ0n) is 13.1. The Labute approximate surface area is 134 Å². The highest BCUT2D eigenvalue weighted by molar-refractivity contribution is 5.76. The van der Waals surface area contributed by atoms with Gasteiger partial charge in [-0.1, -0.05) is 0 Å². The third-order valence-corrected chi connectivity index (χ3v) is 3.89. The quantitative estimate of drug-likeness (QED) is 0.920. The van der Waals surface area contributed by atoms with Crippen molar-refractivity contribution in [2.24, 2.45) is 0 Å². The minimum absolute atomic E-state index is 0.0302. The molecule has 0 aliphatic carbocycles. The standard InChI is InChI=1S/C17H20FN3O2/c1-12-10-21-11-14(4-7-16(21)19-12)20-17(22)8-9-23-15-5-2-13(18)3-6-15/h2-3,5-6,10,14H,4,7-9,11H2,1H3,(H,20,22)/t14-/m0/s1. The van der Waals surface area contributed by atoms with Crippen LogP contribution in [-0.4, -0.2) is 28.1 Å². The number of aromatic nitrogens is 2. The van der Waals surface area contributed by atoms with Gasteiger partial charge in [0.2, 0.25) is 5.91 Å². The zero-order valence-corrected chi connectivity index (χ0v) is 13.1. The molecule has 0 spiro atoms. The van der Waals surface area contributed by atoms with E-state index >= 15 is 0 Å². The number of imidazole rings is 1. The number of carbonyl (C=O) groups is 1. The lowest BCUT2D eigenvalue weighted by atomic mass is 10.1. The molecule has 1 atom stereocenters. The fraction of sp³-hybridized carbons (Fsp3) is 0.412. The summed E-state index contributed by atoms with van der Waals surface area (Å²) >= 11 is 0. The third kappa shape index (κ3) is 4.09. The van der Waals surface area contributed by atoms with Crippen LogP contribution >= 0.6 is 0 Å². The molecule has 2 heterocycles. The number of halogens is 1. The van der Waals surface area contributed by atoms with Gasteiger partial charge in [0.15, 0.2) is 0 Å². The normalized spacial score (nSPS) is 16.7. The van der Waals surface area contributed by atoms with E-state index in [-0.39, 0.29) is 30.8 Å². The zero-order chi connectivity index (χ0) is 16.2. The Kier molecular flexibility index (Phi) is 4.60. The topological polar surface area (TPSA) is 56.2 Å². The van der Waals surface area contributed by atoms with Crippen LogP contribution in [0, 0.1) is 12.7 Å². The van der Waals surface area contributed by atoms with Crippen molar-refractivity contribution in [3.8, 4) is 5.75 Å². The Balaban J connectivity index is 1.42. The van der Waals surface area contributed by atoms with Crippen LogP contribution in [0.5, 0.6) is 5.75 Å². The number of benzene rings is 1. The van der Waals surface area contributed by atoms with Crippen molar-refractivity contribution >= 4 is 5.91 Å². The summed E-state index contributed by atoms with van der Waals surface area (Å²) < 4.78 is 20.3. The van der Waals surface area contributed by atoms with Crippen molar-refractivity contribution < 1.29 is 13.9 Å². The Morgan fingerprint density at radius 1 is 1.43 bits per heavy atom. The SMILES string of the molecule is Cc1cn2c(n1)CC[C@H](NC(=O)CCOc1ccc(F)cc1)C2. The predicted molar refractivity (Wildman–Crippen MR) is 83.7 cm³/mol. The van der Waals surface area contributed by atoms with Crippen molar-refractivity contribution in [2.45, 2.75) is 38.8 Å². The average Bonchev–Trinajstić information content (AvgIpc) is 2.88. The van der Waals surface area contributed by atoms with E-state index in [9.17, 15) is 9.18 Å². The van der Waals surface area contributed by atoms with Gasteiger partial charge < -0.3 is 14.6 Å². The second-order valence-corrected chi connectivity index (χ2v) is 5.81. The Bertz CT molecular complexity index is 682. The lowest BCUT2D eigenvalue weighted by molar-refractivity contribution is -0.122. The molecule has 2 aromatic rings. The van der Waals surface area contributed by atoms with Crippen LogP contribution < -0.4 is 10.1 Å². The van der Waals surface area contributed by atoms with Crippen molar-refractivity contribution in [2.75, 3.05) is 6.61 Å². The van der Waals surface area contributed by atoms with Gasteiger partial charge in [0, 0.05) is 25.2 Å². The highest BCUT2D eigenvalue weighted by Crippen LogP contribution is 2.15. The molecule has 1 aliphatic heterocycles. The number of amides is 1. The fourth-order valence-electron chi connectivity index (χ4n) is 2.80. The second kappa shape index (κ2) is 6.81. The number of carbonyl (C=O) groups excluding carboxylic acids is 1. The number of nitrogens with zero attached hydrogens (tertiary/aromatic N) is 2. The molecule has 5 nitrogen and oxygen atoms in total. The van der Waals surface area contributed by atoms with Crippen LogP contribution in [0.4, 0.5) is 4.39 Å². The van der Waals surface area contributed by atoms with E-state index in [4.69, 9.17) is 4.74 Å². The molecule has 1 aromatic carbocycles. The summed E-state index contributed by atoms with van der Waals surface area (Å²) in [5.74, 6) is 1.32. The number of fused-ring (bicyclic) bond motifs is 1. The summed E-state index contributed by atoms with van der Waals surface area (Å²) in [5.41, 5.74) is 1.01. The average molecular weight is 317 g/mol. The van der Waals surface area contributed by atoms with Crippen LogP contribution in [0.2, 0.25) is 0 Å². The van der Waals surface area contributed by atoms with Gasteiger partial charge in [0.05, 0.1) is 18.7 Å². The lowest BCUT2D eigenvalue weighted by Crippen LogP contribution is -2.41. The summed E-state index contributed by atoms with van der Waals surface area (Å²) in [6, 6.07) is 5.91. The Morgan fingerprint density at radius 3 is 3.00 bits per heavy atom. The highest BCUT2D eigenvalue weighted by atomic mass is 19.1. The Morgan fingerprint density at radius 2 is 2.22 bits per heavy atom. The number of hydrogen-bond acceptors (Lipinski definition) is 3. The van der Waals surface area contributed by atoms with Gasteiger partial charge in [0.25, 0.3) is 0 Å². The maximum Gasteiger partial charge on any atom is 0.223 e. The van der Waals surface area contributed by atoms with E-state index in [0.29, 0.717) is 5.75 Å². The van der Waals surface area contributed by atoms with E-state index in [1.54, 1.807) is 12.1 Å². The first-order valence-electron chi connectivity index (χ1n) is 7.80. The molecule has 3 rings (SSSR count). The van der Waals surface area contributed by atoms with Gasteiger partial charge in [-0.2, -0.15) is 0 Å². The summed E-state index contributed by atoms with van der Waals surface area (Å²) in [6.45, 7) is 3.02. The number of aryl methyl sites for hydroxylation is 2. The number of hydrogen-bond donors (Lipinski definition) is 1. The third-order valence-electron chi connectivity index (χ3n) is 3.89. The molecule has 23 heavy (non-hydrogen) atoms. The van der Waals surface area contributed by atoms with E-state index in [1.165, 1.54) is 12.1 Å². The summed E-state index contributed by atoms with van der Waals surface area (Å²) in [7, 11) is 0. The van der Waals surface area contributed by atoms with Crippen molar-refractivity contribution in [3.05, 3.63) is 47.8 Å². The van der Waals surface area contributed by atoms with E-state index in [1.807, 2.05) is 13.1 Å². The van der Waals surface area contributed by atoms with Crippen LogP contribution in [0.1, 0.15) is 24.4 Å². The van der Waals surface area contributed by atoms with E-state index < -0.39 is 0 Å². The molecule has 0 fully saturated rings. The largest absolute Gasteiger partial charge is 0.493 e. The summed E-state index contributed by atoms with van der Waals surface area (Å²) in [6.07, 6.45) is 4.08. The first-order valence-corrected chi connectivity index (χ1v) is 7.80. The van der Waals surface area contributed by atoms with Crippen molar-refractivity contribution in [1.29, 1.82) is 0 Å². The molecular weight excluding hydrogens is 297 g/mol. The van der Waals surface area contributed by atoms with Crippen molar-refractivity contribution in [1.82, 2.24) is 14.9 Å². The monoisotopic (exact) mass is 317 g/mol. The first kappa shape index (κ1) is 15.5. The van der Waals surface area contributed by atoms with Gasteiger partial charge in [-0.15, -0.1) is 0 Å². The maximum absolute atomic E-state index is 12.8. The van der Waals surface area contributed by atoms with Crippen LogP contribution in [0.15, 0.2) is 30.5 Å². The maximum atomic E-state index is 12.8. The van der Waals surface area contributed by atoms with Crippen LogP contribution in [0.3, 0.4) is 0 Å². The first-order chi connectivity index (χ1) is 11.1. The van der Waals surface area contributed by atoms with E-state index in [0.717, 1.165) is 30.9 Å². The van der Waals surface area contributed by atoms with Crippen LogP contribution in [-0.2, 0) is 17.8 Å². The second-order valence-electron chi connectivity index (χ2n) is 5.81. The number of rotatable bonds is 5. The lowest BCUT2D eigenvalue weighted by Gasteiger charge is -2.24. The molecule has 6 heteroatoms. The molecule has 1 amide bonds. The molecule has 1 aliphatic rings. The minimum Gasteiger partial charge on any atom is -0.493 e. The number of nitrogens with one attached hydrogen (secondary N) is 1. The summed E-state index contributed by atoms with van der Waals surface area (Å²) in [4.78, 5) is 16.5.